The third-order valence-electron chi connectivity index (χ3n) is 3.97. The van der Waals surface area contributed by atoms with Crippen LogP contribution in [0.2, 0.25) is 0 Å². The van der Waals surface area contributed by atoms with Crippen molar-refractivity contribution in [2.24, 2.45) is 11.1 Å². The van der Waals surface area contributed by atoms with Crippen LogP contribution in [0.5, 0.6) is 0 Å². The molecule has 2 N–H and O–H groups in total. The van der Waals surface area contributed by atoms with Crippen LogP contribution in [0, 0.1) is 5.41 Å². The molecule has 2 aliphatic rings. The quantitative estimate of drug-likeness (QED) is 0.807. The molecule has 4 nitrogen and oxygen atoms in total. The van der Waals surface area contributed by atoms with Gasteiger partial charge in [0.25, 0.3) is 0 Å². The van der Waals surface area contributed by atoms with Crippen molar-refractivity contribution < 1.29 is 0 Å². The van der Waals surface area contributed by atoms with Crippen molar-refractivity contribution in [3.8, 4) is 0 Å². The Kier molecular flexibility index (Phi) is 2.06. The molecule has 0 atom stereocenters. The van der Waals surface area contributed by atoms with Crippen molar-refractivity contribution in [2.75, 3.05) is 6.54 Å². The van der Waals surface area contributed by atoms with Crippen LogP contribution in [0.25, 0.3) is 0 Å². The molecule has 2 fully saturated rings. The third-order valence-corrected chi connectivity index (χ3v) is 3.97. The van der Waals surface area contributed by atoms with Gasteiger partial charge in [-0.3, -0.25) is 0 Å². The minimum Gasteiger partial charge on any atom is -0.330 e. The lowest BCUT2D eigenvalue weighted by atomic mass is 9.66. The van der Waals surface area contributed by atoms with E-state index in [9.17, 15) is 0 Å². The first kappa shape index (κ1) is 9.33. The predicted molar refractivity (Wildman–Crippen MR) is 57.3 cm³/mol. The van der Waals surface area contributed by atoms with Crippen molar-refractivity contribution in [3.05, 3.63) is 12.2 Å². The second-order valence-electron chi connectivity index (χ2n) is 5.12. The van der Waals surface area contributed by atoms with Gasteiger partial charge in [-0.1, -0.05) is 6.42 Å². The lowest BCUT2D eigenvalue weighted by Gasteiger charge is -2.40. The van der Waals surface area contributed by atoms with Crippen molar-refractivity contribution >= 4 is 0 Å². The first-order valence-corrected chi connectivity index (χ1v) is 5.91. The summed E-state index contributed by atoms with van der Waals surface area (Å²) < 4.78 is 2.26. The molecule has 0 bridgehead atoms. The number of nitrogens with two attached hydrogens (primary N) is 1. The minimum atomic E-state index is 0.347. The van der Waals surface area contributed by atoms with E-state index in [1.54, 1.807) is 0 Å². The molecule has 3 rings (SSSR count). The summed E-state index contributed by atoms with van der Waals surface area (Å²) in [4.78, 5) is 0. The van der Waals surface area contributed by atoms with Gasteiger partial charge in [0.2, 0.25) is 0 Å². The summed E-state index contributed by atoms with van der Waals surface area (Å²) in [5.74, 6) is 1.16. The largest absolute Gasteiger partial charge is 0.330 e. The fraction of sp³-hybridized carbons (Fsp3) is 0.818. The summed E-state index contributed by atoms with van der Waals surface area (Å²) >= 11 is 0. The molecule has 0 unspecified atom stereocenters. The summed E-state index contributed by atoms with van der Waals surface area (Å²) in [6, 6.07) is 0.685. The van der Waals surface area contributed by atoms with Crippen molar-refractivity contribution in [1.82, 2.24) is 14.8 Å². The van der Waals surface area contributed by atoms with Crippen molar-refractivity contribution in [1.29, 1.82) is 0 Å². The molecular formula is C11H18N4. The summed E-state index contributed by atoms with van der Waals surface area (Å²) in [7, 11) is 0. The molecule has 1 heterocycles. The van der Waals surface area contributed by atoms with Gasteiger partial charge in [0.15, 0.2) is 0 Å². The van der Waals surface area contributed by atoms with E-state index in [4.69, 9.17) is 5.73 Å². The molecule has 1 aromatic rings. The molecule has 0 saturated heterocycles. The molecule has 0 aliphatic heterocycles. The number of hydrogen-bond acceptors (Lipinski definition) is 3. The molecule has 15 heavy (non-hydrogen) atoms. The zero-order valence-corrected chi connectivity index (χ0v) is 9.02. The van der Waals surface area contributed by atoms with Crippen LogP contribution in [0.3, 0.4) is 0 Å². The molecule has 0 amide bonds. The Morgan fingerprint density at radius 1 is 1.47 bits per heavy atom. The predicted octanol–water partition coefficient (Wildman–Crippen LogP) is 1.28. The Morgan fingerprint density at radius 2 is 2.27 bits per heavy atom. The maximum Gasteiger partial charge on any atom is 0.133 e. The third kappa shape index (κ3) is 1.57. The van der Waals surface area contributed by atoms with E-state index in [0.29, 0.717) is 11.5 Å². The van der Waals surface area contributed by atoms with Crippen LogP contribution in [0.4, 0.5) is 0 Å². The zero-order valence-electron chi connectivity index (χ0n) is 9.02. The second kappa shape index (κ2) is 3.30. The average Bonchev–Trinajstić information content (AvgIpc) is 2.93. The Hall–Kier alpha value is -0.900. The van der Waals surface area contributed by atoms with E-state index in [1.807, 2.05) is 6.33 Å². The lowest BCUT2D eigenvalue weighted by Crippen LogP contribution is -2.39. The highest BCUT2D eigenvalue weighted by Gasteiger charge is 2.38. The van der Waals surface area contributed by atoms with Crippen LogP contribution >= 0.6 is 0 Å². The van der Waals surface area contributed by atoms with E-state index in [2.05, 4.69) is 14.8 Å². The topological polar surface area (TPSA) is 56.7 Å². The standard InChI is InChI=1S/C11H18N4/c12-7-11(4-1-5-11)6-10-14-13-8-15(10)9-2-3-9/h8-9H,1-7,12H2. The van der Waals surface area contributed by atoms with Gasteiger partial charge < -0.3 is 10.3 Å². The van der Waals surface area contributed by atoms with E-state index in [0.717, 1.165) is 18.8 Å². The highest BCUT2D eigenvalue weighted by Crippen LogP contribution is 2.43. The molecular weight excluding hydrogens is 188 g/mol. The van der Waals surface area contributed by atoms with Gasteiger partial charge in [0, 0.05) is 12.5 Å². The molecule has 2 saturated carbocycles. The first-order chi connectivity index (χ1) is 7.33. The van der Waals surface area contributed by atoms with Crippen LogP contribution < -0.4 is 5.73 Å². The van der Waals surface area contributed by atoms with Gasteiger partial charge in [0.1, 0.15) is 12.2 Å². The summed E-state index contributed by atoms with van der Waals surface area (Å²) in [6.45, 7) is 0.796. The van der Waals surface area contributed by atoms with Gasteiger partial charge in [-0.15, -0.1) is 10.2 Å². The van der Waals surface area contributed by atoms with Gasteiger partial charge in [0.05, 0.1) is 0 Å². The van der Waals surface area contributed by atoms with Crippen LogP contribution in [-0.4, -0.2) is 21.3 Å². The molecule has 2 aliphatic carbocycles. The monoisotopic (exact) mass is 206 g/mol. The molecule has 0 spiro atoms. The van der Waals surface area contributed by atoms with Gasteiger partial charge >= 0.3 is 0 Å². The fourth-order valence-electron chi connectivity index (χ4n) is 2.52. The molecule has 0 aromatic carbocycles. The van der Waals surface area contributed by atoms with E-state index in [-0.39, 0.29) is 0 Å². The first-order valence-electron chi connectivity index (χ1n) is 5.91. The van der Waals surface area contributed by atoms with Gasteiger partial charge in [-0.2, -0.15) is 0 Å². The van der Waals surface area contributed by atoms with E-state index < -0.39 is 0 Å². The van der Waals surface area contributed by atoms with Crippen molar-refractivity contribution in [2.45, 2.75) is 44.6 Å². The second-order valence-corrected chi connectivity index (χ2v) is 5.12. The highest BCUT2D eigenvalue weighted by molar-refractivity contribution is 5.02. The Labute approximate surface area is 89.9 Å². The Balaban J connectivity index is 1.77. The summed E-state index contributed by atoms with van der Waals surface area (Å²) in [5, 5.41) is 8.28. The number of rotatable bonds is 4. The molecule has 0 radical (unpaired) electrons. The smallest absolute Gasteiger partial charge is 0.133 e. The maximum absolute atomic E-state index is 5.87. The molecule has 4 heteroatoms. The fourth-order valence-corrected chi connectivity index (χ4v) is 2.52. The van der Waals surface area contributed by atoms with Crippen LogP contribution in [0.1, 0.15) is 44.0 Å². The number of hydrogen-bond donors (Lipinski definition) is 1. The van der Waals surface area contributed by atoms with Gasteiger partial charge in [-0.25, -0.2) is 0 Å². The highest BCUT2D eigenvalue weighted by atomic mass is 15.3. The normalized spacial score (nSPS) is 23.8. The summed E-state index contributed by atoms with van der Waals surface area (Å²) in [5.41, 5.74) is 6.22. The van der Waals surface area contributed by atoms with Crippen molar-refractivity contribution in [3.63, 3.8) is 0 Å². The molecule has 82 valence electrons. The van der Waals surface area contributed by atoms with Gasteiger partial charge in [-0.05, 0) is 37.6 Å². The number of aromatic nitrogens is 3. The van der Waals surface area contributed by atoms with E-state index in [1.165, 1.54) is 32.1 Å². The molecule has 1 aromatic heterocycles. The SMILES string of the molecule is NCC1(Cc2nncn2C2CC2)CCC1. The van der Waals surface area contributed by atoms with Crippen LogP contribution in [0.15, 0.2) is 6.33 Å². The Bertz CT molecular complexity index is 344. The summed E-state index contributed by atoms with van der Waals surface area (Å²) in [6.07, 6.45) is 9.36. The zero-order chi connectivity index (χ0) is 10.3. The Morgan fingerprint density at radius 3 is 2.80 bits per heavy atom. The number of nitrogens with zero attached hydrogens (tertiary/aromatic N) is 3. The lowest BCUT2D eigenvalue weighted by molar-refractivity contribution is 0.139. The minimum absolute atomic E-state index is 0.347. The van der Waals surface area contributed by atoms with E-state index >= 15 is 0 Å². The van der Waals surface area contributed by atoms with Crippen LogP contribution in [-0.2, 0) is 6.42 Å². The maximum atomic E-state index is 5.87. The average molecular weight is 206 g/mol.